The van der Waals surface area contributed by atoms with Crippen LogP contribution in [0.2, 0.25) is 0 Å². The number of amides is 4. The Hall–Kier alpha value is -4.22. The van der Waals surface area contributed by atoms with E-state index in [1.54, 1.807) is 54.7 Å². The van der Waals surface area contributed by atoms with Crippen LogP contribution in [-0.4, -0.2) is 102 Å². The van der Waals surface area contributed by atoms with E-state index in [9.17, 15) is 19.2 Å². The van der Waals surface area contributed by atoms with Crippen molar-refractivity contribution >= 4 is 29.6 Å². The molecule has 2 N–H and O–H groups in total. The Morgan fingerprint density at radius 1 is 1.00 bits per heavy atom. The van der Waals surface area contributed by atoms with Gasteiger partial charge in [0.1, 0.15) is 24.4 Å². The second-order valence-corrected chi connectivity index (χ2v) is 10.4. The van der Waals surface area contributed by atoms with Gasteiger partial charge in [-0.3, -0.25) is 19.2 Å². The molecule has 40 heavy (non-hydrogen) atoms. The molecule has 0 bridgehead atoms. The van der Waals surface area contributed by atoms with Crippen molar-refractivity contribution in [2.75, 3.05) is 51.3 Å². The van der Waals surface area contributed by atoms with Crippen molar-refractivity contribution in [3.8, 4) is 5.75 Å². The Morgan fingerprint density at radius 2 is 1.70 bits per heavy atom. The van der Waals surface area contributed by atoms with Gasteiger partial charge in [-0.05, 0) is 30.5 Å². The average Bonchev–Trinajstić information content (AvgIpc) is 2.95. The lowest BCUT2D eigenvalue weighted by Gasteiger charge is -2.36. The number of carbonyl (C=O) groups excluding carboxylic acids is 4. The van der Waals surface area contributed by atoms with Crippen molar-refractivity contribution in [3.05, 3.63) is 48.3 Å². The number of rotatable bonds is 4. The highest BCUT2D eigenvalue weighted by atomic mass is 16.5. The van der Waals surface area contributed by atoms with Crippen LogP contribution in [0.3, 0.4) is 0 Å². The summed E-state index contributed by atoms with van der Waals surface area (Å²) in [7, 11) is 1.65. The molecule has 214 valence electrons. The van der Waals surface area contributed by atoms with Crippen molar-refractivity contribution in [1.82, 2.24) is 30.4 Å². The number of likely N-dealkylation sites (N-methyl/N-ethyl adjacent to an activating group) is 1. The van der Waals surface area contributed by atoms with Crippen molar-refractivity contribution < 1.29 is 23.9 Å². The minimum atomic E-state index is -1.13. The second kappa shape index (κ2) is 13.2. The van der Waals surface area contributed by atoms with Crippen molar-refractivity contribution in [2.45, 2.75) is 38.8 Å². The van der Waals surface area contributed by atoms with E-state index < -0.39 is 23.9 Å². The summed E-state index contributed by atoms with van der Waals surface area (Å²) in [5, 5.41) is 5.58. The minimum absolute atomic E-state index is 0.145. The minimum Gasteiger partial charge on any atom is -0.491 e. The standard InChI is InChI=1S/C28H37N7O5/c1-19(2)17-21-26(38)33(3)15-16-40-23-8-5-4-7-20(23)25(37)32-22(18-24(36)31-21)27(39)34-11-13-35(14-12-34)28-29-9-6-10-30-28/h4-10,19,21-22H,11-18H2,1-3H3,(H,31,36)(H,32,37)/t21-,22+/m1/s1. The Kier molecular flexibility index (Phi) is 9.52. The summed E-state index contributed by atoms with van der Waals surface area (Å²) in [4.78, 5) is 67.2. The first-order valence-corrected chi connectivity index (χ1v) is 13.6. The fourth-order valence-corrected chi connectivity index (χ4v) is 4.82. The van der Waals surface area contributed by atoms with E-state index in [1.165, 1.54) is 4.90 Å². The first-order chi connectivity index (χ1) is 19.2. The van der Waals surface area contributed by atoms with Crippen molar-refractivity contribution in [1.29, 1.82) is 0 Å². The molecule has 2 aromatic rings. The van der Waals surface area contributed by atoms with E-state index in [2.05, 4.69) is 20.6 Å². The van der Waals surface area contributed by atoms with E-state index in [1.807, 2.05) is 18.7 Å². The summed E-state index contributed by atoms with van der Waals surface area (Å²) in [5.41, 5.74) is 0.246. The molecule has 12 nitrogen and oxygen atoms in total. The van der Waals surface area contributed by atoms with Gasteiger partial charge < -0.3 is 30.1 Å². The summed E-state index contributed by atoms with van der Waals surface area (Å²) in [5.74, 6) is -0.533. The molecule has 0 aliphatic carbocycles. The maximum absolute atomic E-state index is 13.7. The lowest BCUT2D eigenvalue weighted by atomic mass is 10.0. The number of nitrogens with one attached hydrogen (secondary N) is 2. The number of carbonyl (C=O) groups is 4. The van der Waals surface area contributed by atoms with Gasteiger partial charge in [0.25, 0.3) is 5.91 Å². The van der Waals surface area contributed by atoms with Gasteiger partial charge in [0.05, 0.1) is 18.5 Å². The predicted octanol–water partition coefficient (Wildman–Crippen LogP) is 0.696. The number of benzene rings is 1. The van der Waals surface area contributed by atoms with Gasteiger partial charge >= 0.3 is 0 Å². The van der Waals surface area contributed by atoms with E-state index in [0.717, 1.165) is 0 Å². The van der Waals surface area contributed by atoms with Crippen molar-refractivity contribution in [2.24, 2.45) is 5.92 Å². The molecular weight excluding hydrogens is 514 g/mol. The molecule has 2 aliphatic heterocycles. The summed E-state index contributed by atoms with van der Waals surface area (Å²) in [6.07, 6.45) is 3.47. The Labute approximate surface area is 234 Å². The normalized spacial score (nSPS) is 21.2. The summed E-state index contributed by atoms with van der Waals surface area (Å²) < 4.78 is 5.87. The highest BCUT2D eigenvalue weighted by Gasteiger charge is 2.33. The van der Waals surface area contributed by atoms with Crippen LogP contribution in [0, 0.1) is 5.92 Å². The summed E-state index contributed by atoms with van der Waals surface area (Å²) in [6.45, 7) is 6.16. The zero-order valence-corrected chi connectivity index (χ0v) is 23.2. The molecule has 1 aromatic heterocycles. The van der Waals surface area contributed by atoms with Crippen LogP contribution in [0.25, 0.3) is 0 Å². The first-order valence-electron chi connectivity index (χ1n) is 13.6. The van der Waals surface area contributed by atoms with Crippen LogP contribution in [-0.2, 0) is 14.4 Å². The van der Waals surface area contributed by atoms with E-state index >= 15 is 0 Å². The predicted molar refractivity (Wildman–Crippen MR) is 148 cm³/mol. The Morgan fingerprint density at radius 3 is 2.40 bits per heavy atom. The van der Waals surface area contributed by atoms with Gasteiger partial charge in [0, 0.05) is 45.6 Å². The van der Waals surface area contributed by atoms with Gasteiger partial charge in [0.15, 0.2) is 0 Å². The van der Waals surface area contributed by atoms with Gasteiger partial charge in [-0.15, -0.1) is 0 Å². The van der Waals surface area contributed by atoms with Gasteiger partial charge in [-0.25, -0.2) is 9.97 Å². The number of nitrogens with zero attached hydrogens (tertiary/aromatic N) is 5. The molecule has 4 amide bonds. The van der Waals surface area contributed by atoms with Crippen LogP contribution >= 0.6 is 0 Å². The molecule has 2 atom stereocenters. The van der Waals surface area contributed by atoms with Gasteiger partial charge in [0.2, 0.25) is 23.7 Å². The number of anilines is 1. The molecule has 4 rings (SSSR count). The molecule has 3 heterocycles. The van der Waals surface area contributed by atoms with Crippen LogP contribution in [0.15, 0.2) is 42.7 Å². The smallest absolute Gasteiger partial charge is 0.255 e. The quantitative estimate of drug-likeness (QED) is 0.567. The number of hydrogen-bond acceptors (Lipinski definition) is 8. The van der Waals surface area contributed by atoms with Gasteiger partial charge in [-0.1, -0.05) is 26.0 Å². The van der Waals surface area contributed by atoms with Crippen LogP contribution in [0.4, 0.5) is 5.95 Å². The van der Waals surface area contributed by atoms with Crippen LogP contribution in [0.1, 0.15) is 37.0 Å². The maximum Gasteiger partial charge on any atom is 0.255 e. The zero-order valence-electron chi connectivity index (χ0n) is 23.2. The number of ether oxygens (including phenoxy) is 1. The maximum atomic E-state index is 13.7. The molecule has 1 aromatic carbocycles. The molecule has 0 unspecified atom stereocenters. The Balaban J connectivity index is 1.56. The molecule has 1 saturated heterocycles. The third-order valence-corrected chi connectivity index (χ3v) is 6.95. The zero-order chi connectivity index (χ0) is 28.6. The first kappa shape index (κ1) is 28.8. The lowest BCUT2D eigenvalue weighted by Crippen LogP contribution is -2.57. The number of aromatic nitrogens is 2. The van der Waals surface area contributed by atoms with Gasteiger partial charge in [-0.2, -0.15) is 0 Å². The average molecular weight is 552 g/mol. The fourth-order valence-electron chi connectivity index (χ4n) is 4.82. The van der Waals surface area contributed by atoms with E-state index in [0.29, 0.717) is 44.3 Å². The summed E-state index contributed by atoms with van der Waals surface area (Å²) in [6, 6.07) is 6.57. The number of piperazine rings is 1. The Bertz CT molecular complexity index is 1200. The highest BCUT2D eigenvalue weighted by Crippen LogP contribution is 2.19. The topological polar surface area (TPSA) is 137 Å². The number of fused-ring (bicyclic) bond motifs is 1. The fraction of sp³-hybridized carbons (Fsp3) is 0.500. The molecule has 12 heteroatoms. The van der Waals surface area contributed by atoms with Crippen molar-refractivity contribution in [3.63, 3.8) is 0 Å². The SMILES string of the molecule is CC(C)C[C@H]1NC(=O)C[C@@H](C(=O)N2CCN(c3ncccn3)CC2)NC(=O)c2ccccc2OCCN(C)C1=O. The lowest BCUT2D eigenvalue weighted by molar-refractivity contribution is -0.138. The van der Waals surface area contributed by atoms with Crippen LogP contribution < -0.4 is 20.3 Å². The monoisotopic (exact) mass is 551 g/mol. The van der Waals surface area contributed by atoms with E-state index in [-0.39, 0.29) is 42.9 Å². The second-order valence-electron chi connectivity index (χ2n) is 10.4. The molecule has 0 saturated carbocycles. The molecule has 0 spiro atoms. The molecule has 0 radical (unpaired) electrons. The van der Waals surface area contributed by atoms with Crippen LogP contribution in [0.5, 0.6) is 5.75 Å². The third-order valence-electron chi connectivity index (χ3n) is 6.95. The number of para-hydroxylation sites is 1. The largest absolute Gasteiger partial charge is 0.491 e. The highest BCUT2D eigenvalue weighted by molar-refractivity contribution is 6.01. The third kappa shape index (κ3) is 7.25. The molecule has 2 aliphatic rings. The number of hydrogen-bond donors (Lipinski definition) is 2. The molecule has 1 fully saturated rings. The molecular formula is C28H37N7O5. The summed E-state index contributed by atoms with van der Waals surface area (Å²) >= 11 is 0. The van der Waals surface area contributed by atoms with E-state index in [4.69, 9.17) is 4.74 Å².